The molecule has 0 heterocycles. The van der Waals surface area contributed by atoms with Crippen LogP contribution in [0.4, 0.5) is 10.5 Å². The molecule has 0 aliphatic heterocycles. The fourth-order valence-corrected chi connectivity index (χ4v) is 3.37. The first-order valence-electron chi connectivity index (χ1n) is 10.8. The van der Waals surface area contributed by atoms with Crippen LogP contribution < -0.4 is 25.4 Å². The van der Waals surface area contributed by atoms with Gasteiger partial charge in [0, 0.05) is 17.8 Å². The normalized spacial score (nSPS) is 18.6. The van der Waals surface area contributed by atoms with Crippen molar-refractivity contribution in [3.05, 3.63) is 18.2 Å². The van der Waals surface area contributed by atoms with Gasteiger partial charge in [0.15, 0.2) is 11.5 Å². The monoisotopic (exact) mass is 405 g/mol. The molecule has 1 aliphatic carbocycles. The quantitative estimate of drug-likeness (QED) is 0.547. The standard InChI is InChI=1S/C22H35N3O4/c1-4-12-28-19-11-10-17(14-20(19)29-13-5-2)24-22(27)23-15-21(26)25-18-9-7-6-8-16(18)3/h10-11,14,16,18H,4-9,12-13,15H2,1-3H3,(H,25,26)(H2,23,24,27)/t16-,18-/m0/s1. The van der Waals surface area contributed by atoms with Crippen molar-refractivity contribution in [3.8, 4) is 11.5 Å². The van der Waals surface area contributed by atoms with E-state index in [1.165, 1.54) is 6.42 Å². The van der Waals surface area contributed by atoms with Gasteiger partial charge >= 0.3 is 6.03 Å². The molecule has 0 saturated heterocycles. The zero-order valence-electron chi connectivity index (χ0n) is 17.9. The molecular formula is C22H35N3O4. The molecule has 0 radical (unpaired) electrons. The Bertz CT molecular complexity index is 665. The molecule has 1 aliphatic rings. The number of hydrogen-bond donors (Lipinski definition) is 3. The number of carbonyl (C=O) groups is 2. The number of amides is 3. The van der Waals surface area contributed by atoms with Crippen molar-refractivity contribution in [1.29, 1.82) is 0 Å². The van der Waals surface area contributed by atoms with E-state index in [1.807, 2.05) is 13.8 Å². The van der Waals surface area contributed by atoms with Gasteiger partial charge in [-0.3, -0.25) is 4.79 Å². The highest BCUT2D eigenvalue weighted by molar-refractivity contribution is 5.92. The van der Waals surface area contributed by atoms with Crippen LogP contribution in [-0.2, 0) is 4.79 Å². The minimum atomic E-state index is -0.430. The molecule has 3 N–H and O–H groups in total. The number of anilines is 1. The summed E-state index contributed by atoms with van der Waals surface area (Å²) < 4.78 is 11.4. The molecule has 1 aromatic rings. The molecule has 2 atom stereocenters. The molecule has 7 nitrogen and oxygen atoms in total. The molecule has 3 amide bonds. The third-order valence-electron chi connectivity index (χ3n) is 4.99. The Morgan fingerprint density at radius 1 is 1.03 bits per heavy atom. The average Bonchev–Trinajstić information content (AvgIpc) is 2.71. The second-order valence-corrected chi connectivity index (χ2v) is 7.60. The van der Waals surface area contributed by atoms with Crippen molar-refractivity contribution in [3.63, 3.8) is 0 Å². The van der Waals surface area contributed by atoms with Crippen LogP contribution in [0.25, 0.3) is 0 Å². The minimum Gasteiger partial charge on any atom is -0.490 e. The van der Waals surface area contributed by atoms with Crippen LogP contribution in [0.15, 0.2) is 18.2 Å². The van der Waals surface area contributed by atoms with Gasteiger partial charge in [-0.05, 0) is 43.7 Å². The van der Waals surface area contributed by atoms with Crippen LogP contribution >= 0.6 is 0 Å². The Hall–Kier alpha value is -2.44. The van der Waals surface area contributed by atoms with E-state index in [-0.39, 0.29) is 18.5 Å². The van der Waals surface area contributed by atoms with E-state index < -0.39 is 6.03 Å². The number of carbonyl (C=O) groups excluding carboxylic acids is 2. The van der Waals surface area contributed by atoms with Crippen LogP contribution in [0.5, 0.6) is 11.5 Å². The molecule has 1 fully saturated rings. The second kappa shape index (κ2) is 12.2. The maximum Gasteiger partial charge on any atom is 0.319 e. The Balaban J connectivity index is 1.84. The van der Waals surface area contributed by atoms with Gasteiger partial charge in [-0.1, -0.05) is 33.6 Å². The first kappa shape index (κ1) is 22.8. The molecule has 0 bridgehead atoms. The van der Waals surface area contributed by atoms with E-state index in [0.717, 1.165) is 32.1 Å². The van der Waals surface area contributed by atoms with Crippen LogP contribution in [0.1, 0.15) is 59.3 Å². The Morgan fingerprint density at radius 3 is 2.41 bits per heavy atom. The van der Waals surface area contributed by atoms with E-state index in [2.05, 4.69) is 22.9 Å². The van der Waals surface area contributed by atoms with Gasteiger partial charge in [0.1, 0.15) is 0 Å². The number of urea groups is 1. The second-order valence-electron chi connectivity index (χ2n) is 7.60. The van der Waals surface area contributed by atoms with Crippen molar-refractivity contribution >= 4 is 17.6 Å². The molecule has 29 heavy (non-hydrogen) atoms. The third kappa shape index (κ3) is 7.83. The number of rotatable bonds is 10. The molecule has 0 spiro atoms. The summed E-state index contributed by atoms with van der Waals surface area (Å²) in [7, 11) is 0. The molecule has 0 unspecified atom stereocenters. The average molecular weight is 406 g/mol. The molecule has 162 valence electrons. The Kier molecular flexibility index (Phi) is 9.60. The van der Waals surface area contributed by atoms with Crippen LogP contribution in [0.2, 0.25) is 0 Å². The number of hydrogen-bond acceptors (Lipinski definition) is 4. The molecule has 1 saturated carbocycles. The lowest BCUT2D eigenvalue weighted by Gasteiger charge is -2.29. The summed E-state index contributed by atoms with van der Waals surface area (Å²) >= 11 is 0. The maximum atomic E-state index is 12.2. The largest absolute Gasteiger partial charge is 0.490 e. The van der Waals surface area contributed by atoms with Crippen molar-refractivity contribution in [2.24, 2.45) is 5.92 Å². The highest BCUT2D eigenvalue weighted by Gasteiger charge is 2.22. The van der Waals surface area contributed by atoms with Gasteiger partial charge in [0.05, 0.1) is 19.8 Å². The van der Waals surface area contributed by atoms with Crippen molar-refractivity contribution in [2.75, 3.05) is 25.1 Å². The SMILES string of the molecule is CCCOc1ccc(NC(=O)NCC(=O)N[C@H]2CCCC[C@@H]2C)cc1OCCC. The first-order valence-corrected chi connectivity index (χ1v) is 10.8. The van der Waals surface area contributed by atoms with E-state index >= 15 is 0 Å². The summed E-state index contributed by atoms with van der Waals surface area (Å²) in [4.78, 5) is 24.3. The smallest absolute Gasteiger partial charge is 0.319 e. The van der Waals surface area contributed by atoms with Crippen LogP contribution in [0, 0.1) is 5.92 Å². The highest BCUT2D eigenvalue weighted by atomic mass is 16.5. The molecule has 7 heteroatoms. The Labute approximate surface area is 173 Å². The Morgan fingerprint density at radius 2 is 1.72 bits per heavy atom. The molecule has 2 rings (SSSR count). The highest BCUT2D eigenvalue weighted by Crippen LogP contribution is 2.31. The predicted octanol–water partition coefficient (Wildman–Crippen LogP) is 4.08. The summed E-state index contributed by atoms with van der Waals surface area (Å²) in [5, 5.41) is 8.39. The van der Waals surface area contributed by atoms with Gasteiger partial charge in [-0.25, -0.2) is 4.79 Å². The number of nitrogens with one attached hydrogen (secondary N) is 3. The summed E-state index contributed by atoms with van der Waals surface area (Å²) in [5.74, 6) is 1.58. The minimum absolute atomic E-state index is 0.0497. The topological polar surface area (TPSA) is 88.7 Å². The van der Waals surface area contributed by atoms with E-state index in [9.17, 15) is 9.59 Å². The van der Waals surface area contributed by atoms with Crippen LogP contribution in [0.3, 0.4) is 0 Å². The van der Waals surface area contributed by atoms with Gasteiger partial charge in [0.2, 0.25) is 5.91 Å². The summed E-state index contributed by atoms with van der Waals surface area (Å²) in [6, 6.07) is 5.06. The molecular weight excluding hydrogens is 370 g/mol. The van der Waals surface area contributed by atoms with Crippen molar-refractivity contribution < 1.29 is 19.1 Å². The van der Waals surface area contributed by atoms with Gasteiger partial charge < -0.3 is 25.4 Å². The zero-order chi connectivity index (χ0) is 21.1. The first-order chi connectivity index (χ1) is 14.0. The predicted molar refractivity (Wildman–Crippen MR) is 115 cm³/mol. The van der Waals surface area contributed by atoms with Crippen molar-refractivity contribution in [2.45, 2.75) is 65.3 Å². The molecule has 1 aromatic carbocycles. The van der Waals surface area contributed by atoms with Crippen molar-refractivity contribution in [1.82, 2.24) is 10.6 Å². The molecule has 0 aromatic heterocycles. The van der Waals surface area contributed by atoms with Gasteiger partial charge in [-0.15, -0.1) is 0 Å². The van der Waals surface area contributed by atoms with Crippen LogP contribution in [-0.4, -0.2) is 37.7 Å². The van der Waals surface area contributed by atoms with E-state index in [4.69, 9.17) is 9.47 Å². The number of benzene rings is 1. The summed E-state index contributed by atoms with van der Waals surface area (Å²) in [6.45, 7) is 7.35. The lowest BCUT2D eigenvalue weighted by molar-refractivity contribution is -0.121. The van der Waals surface area contributed by atoms with E-state index in [1.54, 1.807) is 18.2 Å². The van der Waals surface area contributed by atoms with Gasteiger partial charge in [-0.2, -0.15) is 0 Å². The summed E-state index contributed by atoms with van der Waals surface area (Å²) in [6.07, 6.45) is 6.28. The fourth-order valence-electron chi connectivity index (χ4n) is 3.37. The maximum absolute atomic E-state index is 12.2. The fraction of sp³-hybridized carbons (Fsp3) is 0.636. The zero-order valence-corrected chi connectivity index (χ0v) is 17.9. The lowest BCUT2D eigenvalue weighted by Crippen LogP contribution is -2.46. The number of ether oxygens (including phenoxy) is 2. The van der Waals surface area contributed by atoms with E-state index in [0.29, 0.717) is 36.3 Å². The lowest BCUT2D eigenvalue weighted by atomic mass is 9.86. The summed E-state index contributed by atoms with van der Waals surface area (Å²) in [5.41, 5.74) is 0.582. The van der Waals surface area contributed by atoms with Gasteiger partial charge in [0.25, 0.3) is 0 Å². The third-order valence-corrected chi connectivity index (χ3v) is 4.99.